The molecule has 0 fully saturated rings. The Morgan fingerprint density at radius 2 is 1.15 bits per heavy atom. The molecule has 0 unspecified atom stereocenters. The molecule has 0 amide bonds. The fourth-order valence-corrected chi connectivity index (χ4v) is 4.92. The maximum Gasteiger partial charge on any atom is 0.269 e. The third-order valence-electron chi connectivity index (χ3n) is 3.90. The van der Waals surface area contributed by atoms with Crippen LogP contribution in [0, 0.1) is 24.0 Å². The van der Waals surface area contributed by atoms with E-state index in [0.717, 1.165) is 5.56 Å². The molecule has 0 saturated heterocycles. The second-order valence-corrected chi connectivity index (χ2v) is 8.70. The molecular weight excluding hydrogens is 362 g/mol. The molecular formula is C21H19NO2S2. The predicted molar refractivity (Wildman–Crippen MR) is 110 cm³/mol. The van der Waals surface area contributed by atoms with Gasteiger partial charge in [-0.3, -0.25) is 10.1 Å². The molecule has 0 aliphatic heterocycles. The quantitative estimate of drug-likeness (QED) is 0.204. The van der Waals surface area contributed by atoms with Gasteiger partial charge in [0.25, 0.3) is 5.69 Å². The topological polar surface area (TPSA) is 43.1 Å². The molecule has 3 nitrogen and oxygen atoms in total. The number of rotatable bonds is 6. The molecule has 0 atom stereocenters. The summed E-state index contributed by atoms with van der Waals surface area (Å²) >= 11 is 3.51. The average Bonchev–Trinajstić information content (AvgIpc) is 2.65. The second kappa shape index (κ2) is 8.43. The van der Waals surface area contributed by atoms with Gasteiger partial charge in [0.15, 0.2) is 0 Å². The van der Waals surface area contributed by atoms with Crippen molar-refractivity contribution >= 4 is 29.2 Å². The number of nitrogens with zero attached hydrogens (tertiary/aromatic N) is 1. The minimum absolute atomic E-state index is 0.112. The number of nitro groups is 1. The Labute approximate surface area is 162 Å². The van der Waals surface area contributed by atoms with E-state index < -0.39 is 0 Å². The summed E-state index contributed by atoms with van der Waals surface area (Å²) in [6.07, 6.45) is 0. The van der Waals surface area contributed by atoms with Gasteiger partial charge < -0.3 is 0 Å². The number of benzene rings is 3. The van der Waals surface area contributed by atoms with E-state index in [-0.39, 0.29) is 15.2 Å². The monoisotopic (exact) mass is 381 g/mol. The van der Waals surface area contributed by atoms with Crippen molar-refractivity contribution in [2.75, 3.05) is 0 Å². The highest BCUT2D eigenvalue weighted by atomic mass is 32.2. The third kappa shape index (κ3) is 4.90. The fraction of sp³-hybridized carbons (Fsp3) is 0.143. The first kappa shape index (κ1) is 18.5. The van der Waals surface area contributed by atoms with Crippen LogP contribution in [0.4, 0.5) is 5.69 Å². The van der Waals surface area contributed by atoms with Crippen molar-refractivity contribution in [2.24, 2.45) is 0 Å². The number of hydrogen-bond acceptors (Lipinski definition) is 4. The Morgan fingerprint density at radius 1 is 0.731 bits per heavy atom. The molecule has 26 heavy (non-hydrogen) atoms. The van der Waals surface area contributed by atoms with Gasteiger partial charge in [0, 0.05) is 21.9 Å². The third-order valence-corrected chi connectivity index (χ3v) is 6.54. The van der Waals surface area contributed by atoms with Crippen molar-refractivity contribution in [1.82, 2.24) is 0 Å². The number of aryl methyl sites for hydroxylation is 2. The van der Waals surface area contributed by atoms with Crippen molar-refractivity contribution in [2.45, 2.75) is 28.2 Å². The van der Waals surface area contributed by atoms with Crippen LogP contribution in [-0.4, -0.2) is 4.92 Å². The summed E-state index contributed by atoms with van der Waals surface area (Å²) < 4.78 is 0.112. The van der Waals surface area contributed by atoms with Crippen LogP contribution < -0.4 is 0 Å². The van der Waals surface area contributed by atoms with Crippen molar-refractivity contribution in [3.05, 3.63) is 99.6 Å². The van der Waals surface area contributed by atoms with Crippen LogP contribution in [0.15, 0.2) is 82.6 Å². The number of non-ortho nitro benzene ring substituents is 1. The van der Waals surface area contributed by atoms with E-state index in [9.17, 15) is 10.1 Å². The normalized spacial score (nSPS) is 10.9. The van der Waals surface area contributed by atoms with E-state index in [1.807, 2.05) is 12.1 Å². The summed E-state index contributed by atoms with van der Waals surface area (Å²) in [6, 6.07) is 23.7. The largest absolute Gasteiger partial charge is 0.269 e. The van der Waals surface area contributed by atoms with Crippen LogP contribution in [0.25, 0.3) is 0 Å². The van der Waals surface area contributed by atoms with Gasteiger partial charge in [0.05, 0.1) is 9.51 Å². The molecule has 3 rings (SSSR count). The predicted octanol–water partition coefficient (Wildman–Crippen LogP) is 6.79. The maximum atomic E-state index is 10.9. The van der Waals surface area contributed by atoms with Gasteiger partial charge >= 0.3 is 0 Å². The Balaban J connectivity index is 1.87. The molecule has 0 spiro atoms. The Bertz CT molecular complexity index is 828. The Morgan fingerprint density at radius 3 is 1.54 bits per heavy atom. The highest BCUT2D eigenvalue weighted by Gasteiger charge is 2.16. The van der Waals surface area contributed by atoms with Gasteiger partial charge in [0.2, 0.25) is 0 Å². The molecule has 0 aliphatic rings. The van der Waals surface area contributed by atoms with E-state index >= 15 is 0 Å². The Kier molecular flexibility index (Phi) is 6.01. The van der Waals surface area contributed by atoms with Crippen LogP contribution in [0.5, 0.6) is 0 Å². The number of hydrogen-bond donors (Lipinski definition) is 0. The van der Waals surface area contributed by atoms with Crippen LogP contribution in [-0.2, 0) is 0 Å². The SMILES string of the molecule is Cc1ccc(SC(Sc2ccc(C)cc2)c2ccc([N+](=O)[O-])cc2)cc1. The van der Waals surface area contributed by atoms with Crippen LogP contribution in [0.3, 0.4) is 0 Å². The lowest BCUT2D eigenvalue weighted by Crippen LogP contribution is -1.92. The highest BCUT2D eigenvalue weighted by molar-refractivity contribution is 8.16. The smallest absolute Gasteiger partial charge is 0.258 e. The van der Waals surface area contributed by atoms with E-state index in [4.69, 9.17) is 0 Å². The molecule has 0 bridgehead atoms. The van der Waals surface area contributed by atoms with Gasteiger partial charge in [-0.15, -0.1) is 23.5 Å². The van der Waals surface area contributed by atoms with Gasteiger partial charge in [-0.05, 0) is 43.7 Å². The van der Waals surface area contributed by atoms with Crippen molar-refractivity contribution in [1.29, 1.82) is 0 Å². The second-order valence-electron chi connectivity index (χ2n) is 6.04. The lowest BCUT2D eigenvalue weighted by Gasteiger charge is -2.17. The molecule has 3 aromatic rings. The molecule has 0 heterocycles. The molecule has 0 N–H and O–H groups in total. The van der Waals surface area contributed by atoms with E-state index in [1.54, 1.807) is 35.7 Å². The number of thioether (sulfide) groups is 2. The van der Waals surface area contributed by atoms with Gasteiger partial charge in [0.1, 0.15) is 0 Å². The van der Waals surface area contributed by atoms with Crippen molar-refractivity contribution in [3.63, 3.8) is 0 Å². The summed E-state index contributed by atoms with van der Waals surface area (Å²) in [7, 11) is 0. The summed E-state index contributed by atoms with van der Waals surface area (Å²) in [5.74, 6) is 0. The minimum atomic E-state index is -0.362. The van der Waals surface area contributed by atoms with Crippen LogP contribution in [0.1, 0.15) is 21.3 Å². The van der Waals surface area contributed by atoms with Crippen molar-refractivity contribution < 1.29 is 4.92 Å². The van der Waals surface area contributed by atoms with Crippen molar-refractivity contribution in [3.8, 4) is 0 Å². The number of nitro benzene ring substituents is 1. The average molecular weight is 382 g/mol. The van der Waals surface area contributed by atoms with E-state index in [2.05, 4.69) is 62.4 Å². The molecule has 0 saturated carbocycles. The molecule has 0 aliphatic carbocycles. The summed E-state index contributed by atoms with van der Waals surface area (Å²) in [6.45, 7) is 4.15. The highest BCUT2D eigenvalue weighted by Crippen LogP contribution is 2.47. The summed E-state index contributed by atoms with van der Waals surface area (Å²) in [5, 5.41) is 10.9. The zero-order valence-electron chi connectivity index (χ0n) is 14.6. The summed E-state index contributed by atoms with van der Waals surface area (Å²) in [4.78, 5) is 12.9. The molecule has 132 valence electrons. The summed E-state index contributed by atoms with van der Waals surface area (Å²) in [5.41, 5.74) is 3.64. The van der Waals surface area contributed by atoms with Crippen LogP contribution >= 0.6 is 23.5 Å². The van der Waals surface area contributed by atoms with E-state index in [1.165, 1.54) is 20.9 Å². The molecule has 0 radical (unpaired) electrons. The zero-order valence-corrected chi connectivity index (χ0v) is 16.2. The van der Waals surface area contributed by atoms with Gasteiger partial charge in [-0.2, -0.15) is 0 Å². The fourth-order valence-electron chi connectivity index (χ4n) is 2.39. The van der Waals surface area contributed by atoms with Gasteiger partial charge in [-0.25, -0.2) is 0 Å². The first-order valence-corrected chi connectivity index (χ1v) is 9.98. The lowest BCUT2D eigenvalue weighted by molar-refractivity contribution is -0.384. The molecule has 0 aromatic heterocycles. The zero-order chi connectivity index (χ0) is 18.5. The van der Waals surface area contributed by atoms with Crippen LogP contribution in [0.2, 0.25) is 0 Å². The van der Waals surface area contributed by atoms with Gasteiger partial charge in [-0.1, -0.05) is 47.5 Å². The first-order chi connectivity index (χ1) is 12.5. The minimum Gasteiger partial charge on any atom is -0.258 e. The Hall–Kier alpha value is -2.24. The molecule has 3 aromatic carbocycles. The first-order valence-electron chi connectivity index (χ1n) is 8.22. The van der Waals surface area contributed by atoms with E-state index in [0.29, 0.717) is 0 Å². The standard InChI is InChI=1S/C21H19NO2S2/c1-15-3-11-19(12-4-15)25-21(26-20-13-5-16(2)6-14-20)17-7-9-18(10-8-17)22(23)24/h3-14,21H,1-2H3. The maximum absolute atomic E-state index is 10.9. The molecule has 5 heteroatoms. The lowest BCUT2D eigenvalue weighted by atomic mass is 10.2.